The highest BCUT2D eigenvalue weighted by molar-refractivity contribution is 5.98. The molecule has 0 spiro atoms. The molecule has 1 amide bonds. The second kappa shape index (κ2) is 7.42. The molecule has 1 aromatic carbocycles. The summed E-state index contributed by atoms with van der Waals surface area (Å²) in [5, 5.41) is 5.50. The minimum Gasteiger partial charge on any atom is -0.497 e. The Morgan fingerprint density at radius 1 is 1.24 bits per heavy atom. The third-order valence-electron chi connectivity index (χ3n) is 5.14. The first-order chi connectivity index (χ1) is 14.0. The highest BCUT2D eigenvalue weighted by Crippen LogP contribution is 2.36. The van der Waals surface area contributed by atoms with Crippen molar-refractivity contribution in [1.82, 2.24) is 24.6 Å². The fourth-order valence-corrected chi connectivity index (χ4v) is 3.67. The molecular formula is C20H22N6O3. The number of methoxy groups -OCH3 is 2. The van der Waals surface area contributed by atoms with E-state index in [-0.39, 0.29) is 11.9 Å². The number of nitrogen functional groups attached to an aromatic ring is 1. The van der Waals surface area contributed by atoms with Gasteiger partial charge in [0.2, 0.25) is 5.91 Å². The van der Waals surface area contributed by atoms with Crippen LogP contribution in [0.3, 0.4) is 0 Å². The predicted molar refractivity (Wildman–Crippen MR) is 109 cm³/mol. The zero-order chi connectivity index (χ0) is 20.5. The quantitative estimate of drug-likeness (QED) is 0.660. The Morgan fingerprint density at radius 2 is 1.97 bits per heavy atom. The summed E-state index contributed by atoms with van der Waals surface area (Å²) in [6.07, 6.45) is 3.52. The van der Waals surface area contributed by atoms with Crippen molar-refractivity contribution in [1.29, 1.82) is 0 Å². The summed E-state index contributed by atoms with van der Waals surface area (Å²) in [7, 11) is 3.19. The van der Waals surface area contributed by atoms with Gasteiger partial charge in [0.15, 0.2) is 5.65 Å². The Balaban J connectivity index is 1.85. The van der Waals surface area contributed by atoms with E-state index in [0.717, 1.165) is 12.0 Å². The summed E-state index contributed by atoms with van der Waals surface area (Å²) in [6, 6.07) is 5.50. The van der Waals surface area contributed by atoms with Crippen LogP contribution in [0.1, 0.15) is 12.5 Å². The molecule has 1 fully saturated rings. The van der Waals surface area contributed by atoms with Gasteiger partial charge in [-0.15, -0.1) is 0 Å². The van der Waals surface area contributed by atoms with Gasteiger partial charge in [-0.1, -0.05) is 6.58 Å². The van der Waals surface area contributed by atoms with E-state index in [1.165, 1.54) is 12.4 Å². The van der Waals surface area contributed by atoms with Gasteiger partial charge >= 0.3 is 0 Å². The first-order valence-corrected chi connectivity index (χ1v) is 9.19. The number of hydrogen-bond acceptors (Lipinski definition) is 7. The van der Waals surface area contributed by atoms with Crippen molar-refractivity contribution in [2.75, 3.05) is 33.0 Å². The molecule has 29 heavy (non-hydrogen) atoms. The fraction of sp³-hybridized carbons (Fsp3) is 0.300. The number of aromatic nitrogens is 4. The molecule has 0 saturated carbocycles. The Kier molecular flexibility index (Phi) is 4.79. The number of amides is 1. The summed E-state index contributed by atoms with van der Waals surface area (Å²) in [6.45, 7) is 4.74. The van der Waals surface area contributed by atoms with Gasteiger partial charge in [-0.05, 0) is 24.6 Å². The van der Waals surface area contributed by atoms with Gasteiger partial charge in [0.1, 0.15) is 29.3 Å². The Morgan fingerprint density at radius 3 is 2.62 bits per heavy atom. The maximum Gasteiger partial charge on any atom is 0.246 e. The SMILES string of the molecule is C=CC(=O)N1CC[C@H](n2nc(-c3cc(OC)cc(OC)c3)c3c(N)ncnc32)C1. The first kappa shape index (κ1) is 18.7. The van der Waals surface area contributed by atoms with Crippen molar-refractivity contribution in [3.8, 4) is 22.8 Å². The molecule has 2 N–H and O–H groups in total. The van der Waals surface area contributed by atoms with Crippen molar-refractivity contribution >= 4 is 22.8 Å². The number of nitrogens with zero attached hydrogens (tertiary/aromatic N) is 5. The Labute approximate surface area is 167 Å². The number of rotatable bonds is 5. The fourth-order valence-electron chi connectivity index (χ4n) is 3.67. The number of fused-ring (bicyclic) bond motifs is 1. The third-order valence-corrected chi connectivity index (χ3v) is 5.14. The maximum atomic E-state index is 12.0. The van der Waals surface area contributed by atoms with Gasteiger partial charge in [-0.2, -0.15) is 5.10 Å². The van der Waals surface area contributed by atoms with Crippen LogP contribution in [0.25, 0.3) is 22.3 Å². The van der Waals surface area contributed by atoms with E-state index in [4.69, 9.17) is 20.3 Å². The van der Waals surface area contributed by atoms with E-state index in [0.29, 0.717) is 47.1 Å². The van der Waals surface area contributed by atoms with Crippen LogP contribution in [-0.2, 0) is 4.79 Å². The zero-order valence-electron chi connectivity index (χ0n) is 16.3. The largest absolute Gasteiger partial charge is 0.497 e. The average molecular weight is 394 g/mol. The number of likely N-dealkylation sites (tertiary alicyclic amines) is 1. The number of carbonyl (C=O) groups excluding carboxylic acids is 1. The normalized spacial score (nSPS) is 16.2. The van der Waals surface area contributed by atoms with Crippen LogP contribution in [0.15, 0.2) is 37.2 Å². The smallest absolute Gasteiger partial charge is 0.246 e. The van der Waals surface area contributed by atoms with Crippen molar-refractivity contribution in [3.63, 3.8) is 0 Å². The van der Waals surface area contributed by atoms with Crippen LogP contribution in [0, 0.1) is 0 Å². The minimum absolute atomic E-state index is 0.0167. The predicted octanol–water partition coefficient (Wildman–Crippen LogP) is 2.05. The molecular weight excluding hydrogens is 372 g/mol. The summed E-state index contributed by atoms with van der Waals surface area (Å²) in [5.41, 5.74) is 8.25. The molecule has 0 unspecified atom stereocenters. The monoisotopic (exact) mass is 394 g/mol. The molecule has 2 aromatic heterocycles. The highest BCUT2D eigenvalue weighted by atomic mass is 16.5. The summed E-state index contributed by atoms with van der Waals surface area (Å²) in [4.78, 5) is 22.3. The molecule has 1 saturated heterocycles. The topological polar surface area (TPSA) is 108 Å². The van der Waals surface area contributed by atoms with E-state index < -0.39 is 0 Å². The van der Waals surface area contributed by atoms with Crippen LogP contribution in [-0.4, -0.2) is 57.9 Å². The van der Waals surface area contributed by atoms with E-state index in [1.807, 2.05) is 16.8 Å². The number of nitrogens with two attached hydrogens (primary N) is 1. The molecule has 9 nitrogen and oxygen atoms in total. The molecule has 1 atom stereocenters. The van der Waals surface area contributed by atoms with E-state index >= 15 is 0 Å². The van der Waals surface area contributed by atoms with Crippen molar-refractivity contribution in [3.05, 3.63) is 37.2 Å². The molecule has 1 aliphatic heterocycles. The van der Waals surface area contributed by atoms with E-state index in [1.54, 1.807) is 25.2 Å². The van der Waals surface area contributed by atoms with E-state index in [9.17, 15) is 4.79 Å². The minimum atomic E-state index is -0.0872. The number of benzene rings is 1. The molecule has 1 aliphatic rings. The van der Waals surface area contributed by atoms with Gasteiger partial charge in [-0.25, -0.2) is 14.6 Å². The van der Waals surface area contributed by atoms with Crippen LogP contribution >= 0.6 is 0 Å². The Hall–Kier alpha value is -3.62. The lowest BCUT2D eigenvalue weighted by atomic mass is 10.1. The molecule has 0 bridgehead atoms. The molecule has 4 rings (SSSR count). The summed E-state index contributed by atoms with van der Waals surface area (Å²) in [5.74, 6) is 1.54. The Bertz CT molecular complexity index is 1070. The van der Waals surface area contributed by atoms with Crippen LogP contribution in [0.2, 0.25) is 0 Å². The standard InChI is InChI=1S/C20H22N6O3/c1-4-16(27)25-6-5-13(10-25)26-20-17(19(21)22-11-23-20)18(24-26)12-7-14(28-2)9-15(8-12)29-3/h4,7-9,11,13H,1,5-6,10H2,2-3H3,(H2,21,22,23)/t13-/m0/s1. The molecule has 0 radical (unpaired) electrons. The van der Waals surface area contributed by atoms with Crippen LogP contribution in [0.5, 0.6) is 11.5 Å². The van der Waals surface area contributed by atoms with Gasteiger partial charge in [0.05, 0.1) is 25.6 Å². The van der Waals surface area contributed by atoms with Crippen molar-refractivity contribution in [2.24, 2.45) is 0 Å². The average Bonchev–Trinajstić information content (AvgIpc) is 3.38. The molecule has 3 aromatic rings. The summed E-state index contributed by atoms with van der Waals surface area (Å²) < 4.78 is 12.6. The van der Waals surface area contributed by atoms with Crippen molar-refractivity contribution in [2.45, 2.75) is 12.5 Å². The second-order valence-electron chi connectivity index (χ2n) is 6.78. The molecule has 0 aliphatic carbocycles. The highest BCUT2D eigenvalue weighted by Gasteiger charge is 2.30. The van der Waals surface area contributed by atoms with Gasteiger partial charge in [0.25, 0.3) is 0 Å². The zero-order valence-corrected chi connectivity index (χ0v) is 16.3. The lowest BCUT2D eigenvalue weighted by molar-refractivity contribution is -0.125. The lowest BCUT2D eigenvalue weighted by Gasteiger charge is -2.14. The van der Waals surface area contributed by atoms with Crippen LogP contribution in [0.4, 0.5) is 5.82 Å². The van der Waals surface area contributed by atoms with Crippen LogP contribution < -0.4 is 15.2 Å². The van der Waals surface area contributed by atoms with Gasteiger partial charge in [0, 0.05) is 24.7 Å². The van der Waals surface area contributed by atoms with E-state index in [2.05, 4.69) is 16.5 Å². The number of anilines is 1. The molecule has 9 heteroatoms. The molecule has 150 valence electrons. The third kappa shape index (κ3) is 3.24. The second-order valence-corrected chi connectivity index (χ2v) is 6.78. The number of hydrogen-bond donors (Lipinski definition) is 1. The summed E-state index contributed by atoms with van der Waals surface area (Å²) >= 11 is 0. The lowest BCUT2D eigenvalue weighted by Crippen LogP contribution is -2.27. The number of carbonyl (C=O) groups is 1. The maximum absolute atomic E-state index is 12.0. The van der Waals surface area contributed by atoms with Crippen molar-refractivity contribution < 1.29 is 14.3 Å². The van der Waals surface area contributed by atoms with Gasteiger partial charge in [-0.3, -0.25) is 4.79 Å². The number of ether oxygens (including phenoxy) is 2. The van der Waals surface area contributed by atoms with Gasteiger partial charge < -0.3 is 20.1 Å². The molecule has 3 heterocycles. The first-order valence-electron chi connectivity index (χ1n) is 9.19.